The molecule has 3 rings (SSSR count). The Morgan fingerprint density at radius 2 is 1.79 bits per heavy atom. The Morgan fingerprint density at radius 1 is 1.14 bits per heavy atom. The monoisotopic (exact) mass is 397 g/mol. The molecule has 0 unspecified atom stereocenters. The number of amides is 1. The molecule has 0 bridgehead atoms. The molecule has 0 radical (unpaired) electrons. The maximum absolute atomic E-state index is 12.8. The van der Waals surface area contributed by atoms with Gasteiger partial charge >= 0.3 is 11.9 Å². The van der Waals surface area contributed by atoms with Gasteiger partial charge < -0.3 is 14.8 Å². The van der Waals surface area contributed by atoms with E-state index in [-0.39, 0.29) is 18.7 Å². The second-order valence-corrected chi connectivity index (χ2v) is 6.81. The van der Waals surface area contributed by atoms with Crippen molar-refractivity contribution >= 4 is 29.1 Å². The SMILES string of the molecule is COC(=O)CC(CC(=O)OC)n1cc(NC(=O)C2=C(C)c3ccccc3C2)cn1. The first-order valence-corrected chi connectivity index (χ1v) is 9.20. The zero-order valence-corrected chi connectivity index (χ0v) is 16.6. The summed E-state index contributed by atoms with van der Waals surface area (Å²) in [6.07, 6.45) is 3.57. The summed E-state index contributed by atoms with van der Waals surface area (Å²) in [4.78, 5) is 36.1. The van der Waals surface area contributed by atoms with Gasteiger partial charge in [0.25, 0.3) is 5.91 Å². The topological polar surface area (TPSA) is 99.5 Å². The predicted molar refractivity (Wildman–Crippen MR) is 106 cm³/mol. The third-order valence-corrected chi connectivity index (χ3v) is 5.01. The number of anilines is 1. The minimum atomic E-state index is -0.572. The van der Waals surface area contributed by atoms with Crippen molar-refractivity contribution in [2.24, 2.45) is 0 Å². The van der Waals surface area contributed by atoms with Crippen LogP contribution in [0.2, 0.25) is 0 Å². The minimum absolute atomic E-state index is 0.0414. The number of benzene rings is 1. The van der Waals surface area contributed by atoms with E-state index in [0.717, 1.165) is 16.7 Å². The summed E-state index contributed by atoms with van der Waals surface area (Å²) in [7, 11) is 2.56. The van der Waals surface area contributed by atoms with Crippen LogP contribution in [0, 0.1) is 0 Å². The third-order valence-electron chi connectivity index (χ3n) is 5.01. The van der Waals surface area contributed by atoms with E-state index in [4.69, 9.17) is 9.47 Å². The smallest absolute Gasteiger partial charge is 0.307 e. The molecule has 0 aliphatic heterocycles. The molecule has 152 valence electrons. The molecular formula is C21H23N3O5. The fourth-order valence-electron chi connectivity index (χ4n) is 3.40. The number of allylic oxidation sites excluding steroid dienone is 1. The third kappa shape index (κ3) is 4.53. The lowest BCUT2D eigenvalue weighted by atomic mass is 10.1. The molecular weight excluding hydrogens is 374 g/mol. The van der Waals surface area contributed by atoms with Gasteiger partial charge in [-0.3, -0.25) is 19.1 Å². The van der Waals surface area contributed by atoms with E-state index in [9.17, 15) is 14.4 Å². The van der Waals surface area contributed by atoms with Crippen molar-refractivity contribution in [1.29, 1.82) is 0 Å². The zero-order valence-electron chi connectivity index (χ0n) is 16.6. The molecule has 0 saturated heterocycles. The van der Waals surface area contributed by atoms with Crippen LogP contribution in [0.4, 0.5) is 5.69 Å². The van der Waals surface area contributed by atoms with Gasteiger partial charge in [0.15, 0.2) is 0 Å². The Kier molecular flexibility index (Phi) is 6.11. The summed E-state index contributed by atoms with van der Waals surface area (Å²) in [6, 6.07) is 7.36. The Hall–Kier alpha value is -3.42. The van der Waals surface area contributed by atoms with Crippen molar-refractivity contribution < 1.29 is 23.9 Å². The average Bonchev–Trinajstić information content (AvgIpc) is 3.32. The van der Waals surface area contributed by atoms with E-state index in [0.29, 0.717) is 17.7 Å². The summed E-state index contributed by atoms with van der Waals surface area (Å²) in [5.74, 6) is -1.13. The van der Waals surface area contributed by atoms with Gasteiger partial charge in [-0.05, 0) is 23.6 Å². The fourth-order valence-corrected chi connectivity index (χ4v) is 3.40. The second-order valence-electron chi connectivity index (χ2n) is 6.81. The van der Waals surface area contributed by atoms with Gasteiger partial charge in [0.05, 0.1) is 45.0 Å². The number of carbonyl (C=O) groups is 3. The minimum Gasteiger partial charge on any atom is -0.469 e. The molecule has 8 heteroatoms. The van der Waals surface area contributed by atoms with E-state index in [1.165, 1.54) is 25.1 Å². The van der Waals surface area contributed by atoms with Crippen molar-refractivity contribution in [3.8, 4) is 0 Å². The Bertz CT molecular complexity index is 958. The quantitative estimate of drug-likeness (QED) is 0.721. The van der Waals surface area contributed by atoms with Crippen LogP contribution in [0.5, 0.6) is 0 Å². The number of esters is 2. The van der Waals surface area contributed by atoms with Crippen LogP contribution in [0.3, 0.4) is 0 Å². The van der Waals surface area contributed by atoms with Crippen LogP contribution in [-0.2, 0) is 30.3 Å². The lowest BCUT2D eigenvalue weighted by molar-refractivity contribution is -0.144. The normalized spacial score (nSPS) is 12.7. The van der Waals surface area contributed by atoms with Gasteiger partial charge in [-0.1, -0.05) is 24.3 Å². The highest BCUT2D eigenvalue weighted by atomic mass is 16.5. The number of carbonyl (C=O) groups excluding carboxylic acids is 3. The molecule has 1 aromatic carbocycles. The maximum Gasteiger partial charge on any atom is 0.307 e. The van der Waals surface area contributed by atoms with Crippen LogP contribution < -0.4 is 5.32 Å². The van der Waals surface area contributed by atoms with E-state index in [1.54, 1.807) is 6.20 Å². The lowest BCUT2D eigenvalue weighted by Crippen LogP contribution is -2.19. The molecule has 1 heterocycles. The number of fused-ring (bicyclic) bond motifs is 1. The van der Waals surface area contributed by atoms with Crippen molar-refractivity contribution in [3.05, 3.63) is 53.4 Å². The Labute approximate surface area is 168 Å². The molecule has 2 aromatic rings. The molecule has 1 aliphatic rings. The van der Waals surface area contributed by atoms with Crippen LogP contribution in [0.25, 0.3) is 5.57 Å². The number of hydrogen-bond donors (Lipinski definition) is 1. The van der Waals surface area contributed by atoms with Crippen molar-refractivity contribution in [2.45, 2.75) is 32.2 Å². The van der Waals surface area contributed by atoms with Gasteiger partial charge in [-0.15, -0.1) is 0 Å². The number of nitrogens with one attached hydrogen (secondary N) is 1. The molecule has 1 amide bonds. The first kappa shape index (κ1) is 20.3. The predicted octanol–water partition coefficient (Wildman–Crippen LogP) is 2.52. The average molecular weight is 397 g/mol. The number of aromatic nitrogens is 2. The van der Waals surface area contributed by atoms with Crippen molar-refractivity contribution in [3.63, 3.8) is 0 Å². The highest BCUT2D eigenvalue weighted by Crippen LogP contribution is 2.32. The summed E-state index contributed by atoms with van der Waals surface area (Å²) in [5.41, 5.74) is 4.36. The van der Waals surface area contributed by atoms with Crippen molar-refractivity contribution in [1.82, 2.24) is 9.78 Å². The van der Waals surface area contributed by atoms with Crippen molar-refractivity contribution in [2.75, 3.05) is 19.5 Å². The largest absolute Gasteiger partial charge is 0.469 e. The molecule has 0 fully saturated rings. The maximum atomic E-state index is 12.8. The summed E-state index contributed by atoms with van der Waals surface area (Å²) < 4.78 is 10.8. The van der Waals surface area contributed by atoms with Gasteiger partial charge in [0.1, 0.15) is 0 Å². The summed E-state index contributed by atoms with van der Waals surface area (Å²) in [6.45, 7) is 1.94. The molecule has 0 spiro atoms. The number of methoxy groups -OCH3 is 2. The number of hydrogen-bond acceptors (Lipinski definition) is 6. The Balaban J connectivity index is 1.73. The Morgan fingerprint density at radius 3 is 2.41 bits per heavy atom. The first-order valence-electron chi connectivity index (χ1n) is 9.20. The molecule has 1 aliphatic carbocycles. The fraction of sp³-hybridized carbons (Fsp3) is 0.333. The summed E-state index contributed by atoms with van der Waals surface area (Å²) in [5, 5.41) is 7.05. The van der Waals surface area contributed by atoms with E-state index in [1.807, 2.05) is 31.2 Å². The molecule has 1 aromatic heterocycles. The van der Waals surface area contributed by atoms with E-state index >= 15 is 0 Å². The lowest BCUT2D eigenvalue weighted by Gasteiger charge is -2.15. The number of ether oxygens (including phenoxy) is 2. The van der Waals surface area contributed by atoms with Crippen LogP contribution in [0.1, 0.15) is 36.9 Å². The highest BCUT2D eigenvalue weighted by Gasteiger charge is 2.25. The zero-order chi connectivity index (χ0) is 21.0. The van der Waals surface area contributed by atoms with E-state index in [2.05, 4.69) is 10.4 Å². The van der Waals surface area contributed by atoms with Gasteiger partial charge in [-0.25, -0.2) is 0 Å². The molecule has 8 nitrogen and oxygen atoms in total. The number of rotatable bonds is 7. The standard InChI is InChI=1S/C21H23N3O5/c1-13-17-7-5-4-6-14(17)8-18(13)21(27)23-15-11-22-24(12-15)16(9-19(25)28-2)10-20(26)29-3/h4-7,11-12,16H,8-10H2,1-3H3,(H,23,27). The van der Waals surface area contributed by atoms with Gasteiger partial charge in [-0.2, -0.15) is 5.10 Å². The molecule has 29 heavy (non-hydrogen) atoms. The van der Waals surface area contributed by atoms with Crippen LogP contribution >= 0.6 is 0 Å². The first-order chi connectivity index (χ1) is 13.9. The number of nitrogens with zero attached hydrogens (tertiary/aromatic N) is 2. The van der Waals surface area contributed by atoms with Gasteiger partial charge in [0, 0.05) is 18.2 Å². The molecule has 0 saturated carbocycles. The van der Waals surface area contributed by atoms with Crippen LogP contribution in [-0.4, -0.2) is 41.8 Å². The second kappa shape index (κ2) is 8.72. The van der Waals surface area contributed by atoms with Gasteiger partial charge in [0.2, 0.25) is 0 Å². The highest BCUT2D eigenvalue weighted by molar-refractivity contribution is 6.10. The molecule has 0 atom stereocenters. The molecule has 1 N–H and O–H groups in total. The van der Waals surface area contributed by atoms with Crippen LogP contribution in [0.15, 0.2) is 42.2 Å². The summed E-state index contributed by atoms with van der Waals surface area (Å²) >= 11 is 0. The van der Waals surface area contributed by atoms with E-state index < -0.39 is 18.0 Å².